The summed E-state index contributed by atoms with van der Waals surface area (Å²) in [5, 5.41) is 12.0. The molecule has 0 heterocycles. The highest BCUT2D eigenvalue weighted by Crippen LogP contribution is 2.32. The second kappa shape index (κ2) is 5.38. The molecule has 86 valence electrons. The maximum atomic E-state index is 9.05. The van der Waals surface area contributed by atoms with Crippen molar-refractivity contribution in [3.8, 4) is 17.6 Å². The van der Waals surface area contributed by atoms with E-state index in [0.717, 1.165) is 16.9 Å². The Bertz CT molecular complexity index is 410. The molecule has 1 aromatic carbocycles. The predicted octanol–water partition coefficient (Wildman–Crippen LogP) is 1.80. The third-order valence-electron chi connectivity index (χ3n) is 2.48. The summed E-state index contributed by atoms with van der Waals surface area (Å²) in [4.78, 5) is 0. The molecule has 0 aliphatic heterocycles. The van der Waals surface area contributed by atoms with Crippen molar-refractivity contribution in [2.45, 2.75) is 13.0 Å². The number of aryl methyl sites for hydroxylation is 1. The van der Waals surface area contributed by atoms with Crippen LogP contribution >= 0.6 is 0 Å². The lowest BCUT2D eigenvalue weighted by molar-refractivity contribution is 0.388. The van der Waals surface area contributed by atoms with Crippen molar-refractivity contribution >= 4 is 0 Å². The minimum atomic E-state index is -0.374. The number of nitriles is 1. The molecule has 0 saturated heterocycles. The van der Waals surface area contributed by atoms with Crippen LogP contribution in [0.4, 0.5) is 0 Å². The van der Waals surface area contributed by atoms with Gasteiger partial charge in [-0.25, -0.2) is 0 Å². The van der Waals surface area contributed by atoms with E-state index in [2.05, 4.69) is 11.4 Å². The van der Waals surface area contributed by atoms with Crippen LogP contribution in [0.2, 0.25) is 0 Å². The summed E-state index contributed by atoms with van der Waals surface area (Å²) in [6.45, 7) is 1.93. The average Bonchev–Trinajstić information content (AvgIpc) is 2.31. The molecule has 1 unspecified atom stereocenters. The van der Waals surface area contributed by atoms with E-state index in [0.29, 0.717) is 5.75 Å². The van der Waals surface area contributed by atoms with Gasteiger partial charge in [0.1, 0.15) is 17.5 Å². The minimum Gasteiger partial charge on any atom is -0.497 e. The molecule has 1 aromatic rings. The smallest absolute Gasteiger partial charge is 0.128 e. The van der Waals surface area contributed by atoms with Gasteiger partial charge in [0.05, 0.1) is 20.3 Å². The molecule has 0 saturated carbocycles. The Morgan fingerprint density at radius 1 is 1.31 bits per heavy atom. The highest BCUT2D eigenvalue weighted by atomic mass is 16.5. The van der Waals surface area contributed by atoms with Crippen molar-refractivity contribution in [3.05, 3.63) is 23.3 Å². The summed E-state index contributed by atoms with van der Waals surface area (Å²) >= 11 is 0. The van der Waals surface area contributed by atoms with Gasteiger partial charge in [0.15, 0.2) is 0 Å². The largest absolute Gasteiger partial charge is 0.497 e. The van der Waals surface area contributed by atoms with E-state index in [1.807, 2.05) is 13.0 Å². The second-order valence-corrected chi connectivity index (χ2v) is 3.41. The molecule has 1 N–H and O–H groups in total. The molecule has 0 fully saturated rings. The van der Waals surface area contributed by atoms with Gasteiger partial charge in [-0.15, -0.1) is 0 Å². The van der Waals surface area contributed by atoms with Gasteiger partial charge in [-0.3, -0.25) is 0 Å². The maximum Gasteiger partial charge on any atom is 0.128 e. The van der Waals surface area contributed by atoms with Crippen LogP contribution in [0.5, 0.6) is 11.5 Å². The Morgan fingerprint density at radius 3 is 2.44 bits per heavy atom. The van der Waals surface area contributed by atoms with E-state index in [1.165, 1.54) is 0 Å². The molecule has 16 heavy (non-hydrogen) atoms. The third-order valence-corrected chi connectivity index (χ3v) is 2.48. The van der Waals surface area contributed by atoms with Gasteiger partial charge in [-0.2, -0.15) is 5.26 Å². The number of nitrogens with one attached hydrogen (secondary N) is 1. The zero-order valence-electron chi connectivity index (χ0n) is 10.00. The van der Waals surface area contributed by atoms with Gasteiger partial charge in [-0.1, -0.05) is 0 Å². The maximum absolute atomic E-state index is 9.05. The van der Waals surface area contributed by atoms with Crippen molar-refractivity contribution in [1.82, 2.24) is 5.32 Å². The lowest BCUT2D eigenvalue weighted by Crippen LogP contribution is -2.16. The first-order valence-corrected chi connectivity index (χ1v) is 4.97. The SMILES string of the molecule is CNC(C#N)c1c(C)cc(OC)cc1OC. The summed E-state index contributed by atoms with van der Waals surface area (Å²) < 4.78 is 10.4. The topological polar surface area (TPSA) is 54.3 Å². The number of rotatable bonds is 4. The molecule has 0 spiro atoms. The van der Waals surface area contributed by atoms with Crippen LogP contribution in [0.1, 0.15) is 17.2 Å². The average molecular weight is 220 g/mol. The van der Waals surface area contributed by atoms with Crippen LogP contribution in [-0.4, -0.2) is 21.3 Å². The number of hydrogen-bond acceptors (Lipinski definition) is 4. The van der Waals surface area contributed by atoms with E-state index in [9.17, 15) is 0 Å². The molecule has 0 aliphatic carbocycles. The number of methoxy groups -OCH3 is 2. The fourth-order valence-corrected chi connectivity index (χ4v) is 1.66. The van der Waals surface area contributed by atoms with Crippen molar-refractivity contribution in [2.24, 2.45) is 0 Å². The van der Waals surface area contributed by atoms with Crippen LogP contribution in [0.25, 0.3) is 0 Å². The van der Waals surface area contributed by atoms with Gasteiger partial charge >= 0.3 is 0 Å². The van der Waals surface area contributed by atoms with Crippen LogP contribution < -0.4 is 14.8 Å². The first-order chi connectivity index (χ1) is 7.67. The highest BCUT2D eigenvalue weighted by molar-refractivity contribution is 5.49. The van der Waals surface area contributed by atoms with Crippen molar-refractivity contribution in [1.29, 1.82) is 5.26 Å². The standard InChI is InChI=1S/C12H16N2O2/c1-8-5-9(15-3)6-11(16-4)12(8)10(7-13)14-2/h5-6,10,14H,1-4H3. The summed E-state index contributed by atoms with van der Waals surface area (Å²) in [5.74, 6) is 1.39. The summed E-state index contributed by atoms with van der Waals surface area (Å²) in [6.07, 6.45) is 0. The van der Waals surface area contributed by atoms with Crippen LogP contribution in [0, 0.1) is 18.3 Å². The Labute approximate surface area is 95.8 Å². The minimum absolute atomic E-state index is 0.374. The summed E-state index contributed by atoms with van der Waals surface area (Å²) in [6, 6.07) is 5.49. The van der Waals surface area contributed by atoms with Gasteiger partial charge in [0.25, 0.3) is 0 Å². The van der Waals surface area contributed by atoms with Crippen molar-refractivity contribution in [3.63, 3.8) is 0 Å². The number of benzene rings is 1. The Hall–Kier alpha value is -1.73. The quantitative estimate of drug-likeness (QED) is 0.840. The van der Waals surface area contributed by atoms with E-state index < -0.39 is 0 Å². The van der Waals surface area contributed by atoms with Gasteiger partial charge in [-0.05, 0) is 25.6 Å². The molecule has 1 atom stereocenters. The summed E-state index contributed by atoms with van der Waals surface area (Å²) in [5.41, 5.74) is 1.82. The molecular weight excluding hydrogens is 204 g/mol. The lowest BCUT2D eigenvalue weighted by atomic mass is 10.0. The molecule has 1 rings (SSSR count). The zero-order chi connectivity index (χ0) is 12.1. The first-order valence-electron chi connectivity index (χ1n) is 4.97. The van der Waals surface area contributed by atoms with Gasteiger partial charge in [0, 0.05) is 11.6 Å². The zero-order valence-corrected chi connectivity index (χ0v) is 10.00. The Morgan fingerprint density at radius 2 is 2.00 bits per heavy atom. The molecule has 0 radical (unpaired) electrons. The van der Waals surface area contributed by atoms with E-state index in [1.54, 1.807) is 27.3 Å². The second-order valence-electron chi connectivity index (χ2n) is 3.41. The predicted molar refractivity (Wildman–Crippen MR) is 61.7 cm³/mol. The van der Waals surface area contributed by atoms with E-state index in [4.69, 9.17) is 14.7 Å². The highest BCUT2D eigenvalue weighted by Gasteiger charge is 2.17. The third kappa shape index (κ3) is 2.26. The molecule has 0 aromatic heterocycles. The number of hydrogen-bond donors (Lipinski definition) is 1. The normalized spacial score (nSPS) is 11.7. The molecule has 0 bridgehead atoms. The van der Waals surface area contributed by atoms with Gasteiger partial charge < -0.3 is 14.8 Å². The first kappa shape index (κ1) is 12.3. The van der Waals surface area contributed by atoms with E-state index in [-0.39, 0.29) is 6.04 Å². The molecule has 4 nitrogen and oxygen atoms in total. The van der Waals surface area contributed by atoms with Crippen LogP contribution in [0.15, 0.2) is 12.1 Å². The van der Waals surface area contributed by atoms with E-state index >= 15 is 0 Å². The summed E-state index contributed by atoms with van der Waals surface area (Å²) in [7, 11) is 4.94. The van der Waals surface area contributed by atoms with Crippen molar-refractivity contribution < 1.29 is 9.47 Å². The molecule has 0 amide bonds. The van der Waals surface area contributed by atoms with Crippen LogP contribution in [0.3, 0.4) is 0 Å². The Kier molecular flexibility index (Phi) is 4.15. The Balaban J connectivity index is 3.32. The molecule has 4 heteroatoms. The lowest BCUT2D eigenvalue weighted by Gasteiger charge is -2.17. The fraction of sp³-hybridized carbons (Fsp3) is 0.417. The van der Waals surface area contributed by atoms with Crippen molar-refractivity contribution in [2.75, 3.05) is 21.3 Å². The molecule has 0 aliphatic rings. The monoisotopic (exact) mass is 220 g/mol. The van der Waals surface area contributed by atoms with Crippen LogP contribution in [-0.2, 0) is 0 Å². The molecular formula is C12H16N2O2. The number of ether oxygens (including phenoxy) is 2. The fourth-order valence-electron chi connectivity index (χ4n) is 1.66. The number of nitrogens with zero attached hydrogens (tertiary/aromatic N) is 1. The van der Waals surface area contributed by atoms with Gasteiger partial charge in [0.2, 0.25) is 0 Å².